The van der Waals surface area contributed by atoms with E-state index in [1.165, 1.54) is 0 Å². The summed E-state index contributed by atoms with van der Waals surface area (Å²) in [6.07, 6.45) is 0. The number of benzene rings is 1. The first kappa shape index (κ1) is 15.5. The Kier molecular flexibility index (Phi) is 5.97. The molecule has 0 aromatic heterocycles. The normalized spacial score (nSPS) is 11.1. The Morgan fingerprint density at radius 2 is 1.12 bits per heavy atom. The van der Waals surface area contributed by atoms with Crippen LogP contribution in [0, 0.1) is 0 Å². The van der Waals surface area contributed by atoms with Gasteiger partial charge in [-0.15, -0.1) is 0 Å². The molecule has 1 radical (unpaired) electrons. The lowest BCUT2D eigenvalue weighted by molar-refractivity contribution is 0.0562. The third-order valence-corrected chi connectivity index (χ3v) is 4.34. The molecule has 0 unspecified atom stereocenters. The Morgan fingerprint density at radius 1 is 0.765 bits per heavy atom. The molecule has 0 aliphatic carbocycles. The summed E-state index contributed by atoms with van der Waals surface area (Å²) in [5.74, 6) is 0.219. The van der Waals surface area contributed by atoms with Crippen LogP contribution in [-0.4, -0.2) is 13.1 Å². The van der Waals surface area contributed by atoms with E-state index < -0.39 is 0 Å². The fourth-order valence-corrected chi connectivity index (χ4v) is 2.34. The Bertz CT molecular complexity index is 391. The molecule has 0 fully saturated rings. The number of halogens is 5. The molecule has 0 bridgehead atoms. The van der Waals surface area contributed by atoms with Gasteiger partial charge in [0.2, 0.25) is 5.75 Å². The average molecular weight is 337 g/mol. The molecule has 0 heterocycles. The summed E-state index contributed by atoms with van der Waals surface area (Å²) in [6.45, 7) is 5.21. The Balaban J connectivity index is 3.24. The molecule has 0 spiro atoms. The van der Waals surface area contributed by atoms with Crippen molar-refractivity contribution in [3.63, 3.8) is 0 Å². The second-order valence-electron chi connectivity index (χ2n) is 3.10. The summed E-state index contributed by atoms with van der Waals surface area (Å²) in [5.41, 5.74) is 0. The molecular formula is C10H10Cl5NO+. The molecule has 0 saturated carbocycles. The predicted octanol–water partition coefficient (Wildman–Crippen LogP) is 5.43. The molecular weight excluding hydrogens is 327 g/mol. The smallest absolute Gasteiger partial charge is 0.237 e. The Labute approximate surface area is 125 Å². The highest BCUT2D eigenvalue weighted by Gasteiger charge is 2.25. The average Bonchev–Trinajstić information content (AvgIpc) is 2.34. The Morgan fingerprint density at radius 3 is 1.47 bits per heavy atom. The Hall–Kier alpha value is 0.430. The SMILES string of the molecule is CC[N+](CC)Oc1c(Cl)c(Cl)c(Cl)c(Cl)c1Cl. The van der Waals surface area contributed by atoms with E-state index in [0.29, 0.717) is 13.1 Å². The second kappa shape index (κ2) is 6.55. The van der Waals surface area contributed by atoms with E-state index in [9.17, 15) is 0 Å². The fraction of sp³-hybridized carbons (Fsp3) is 0.400. The van der Waals surface area contributed by atoms with Crippen molar-refractivity contribution in [2.75, 3.05) is 13.1 Å². The highest BCUT2D eigenvalue weighted by molar-refractivity contribution is 6.55. The molecule has 2 nitrogen and oxygen atoms in total. The molecule has 7 heteroatoms. The molecule has 0 aliphatic heterocycles. The van der Waals surface area contributed by atoms with Crippen molar-refractivity contribution in [3.05, 3.63) is 25.1 Å². The summed E-state index contributed by atoms with van der Waals surface area (Å²) >= 11 is 29.8. The summed E-state index contributed by atoms with van der Waals surface area (Å²) in [5, 5.41) is 2.34. The van der Waals surface area contributed by atoms with Crippen LogP contribution >= 0.6 is 58.0 Å². The van der Waals surface area contributed by atoms with Crippen LogP contribution in [0.5, 0.6) is 5.75 Å². The number of hydrogen-bond acceptors (Lipinski definition) is 2. The van der Waals surface area contributed by atoms with Crippen LogP contribution in [0.2, 0.25) is 25.1 Å². The van der Waals surface area contributed by atoms with E-state index in [0.717, 1.165) is 0 Å². The lowest BCUT2D eigenvalue weighted by atomic mass is 10.3. The van der Waals surface area contributed by atoms with Crippen molar-refractivity contribution >= 4 is 58.0 Å². The first-order valence-corrected chi connectivity index (χ1v) is 6.77. The van der Waals surface area contributed by atoms with Crippen LogP contribution in [0.3, 0.4) is 0 Å². The van der Waals surface area contributed by atoms with Gasteiger partial charge in [0, 0.05) is 5.06 Å². The minimum absolute atomic E-state index is 0.121. The lowest BCUT2D eigenvalue weighted by Gasteiger charge is -2.12. The van der Waals surface area contributed by atoms with Crippen LogP contribution in [-0.2, 0) is 0 Å². The monoisotopic (exact) mass is 335 g/mol. The van der Waals surface area contributed by atoms with E-state index in [-0.39, 0.29) is 30.9 Å². The maximum Gasteiger partial charge on any atom is 0.237 e. The minimum atomic E-state index is 0.121. The van der Waals surface area contributed by atoms with Crippen molar-refractivity contribution in [3.8, 4) is 5.75 Å². The number of rotatable bonds is 4. The number of hydroxylamine groups is 2. The lowest BCUT2D eigenvalue weighted by Crippen LogP contribution is -2.33. The van der Waals surface area contributed by atoms with Crippen molar-refractivity contribution in [2.24, 2.45) is 0 Å². The first-order chi connectivity index (χ1) is 7.93. The minimum Gasteiger partial charge on any atom is -0.258 e. The molecule has 0 saturated heterocycles. The van der Waals surface area contributed by atoms with E-state index in [1.807, 2.05) is 13.8 Å². The van der Waals surface area contributed by atoms with Gasteiger partial charge in [-0.05, 0) is 13.8 Å². The fourth-order valence-electron chi connectivity index (χ4n) is 1.15. The van der Waals surface area contributed by atoms with E-state index in [1.54, 1.807) is 5.06 Å². The summed E-state index contributed by atoms with van der Waals surface area (Å²) in [6, 6.07) is 0. The molecule has 17 heavy (non-hydrogen) atoms. The number of hydrogen-bond donors (Lipinski definition) is 0. The van der Waals surface area contributed by atoms with Gasteiger partial charge in [-0.1, -0.05) is 58.0 Å². The van der Waals surface area contributed by atoms with Gasteiger partial charge in [0.1, 0.15) is 10.0 Å². The van der Waals surface area contributed by atoms with Gasteiger partial charge in [-0.2, -0.15) is 0 Å². The molecule has 1 rings (SSSR count). The van der Waals surface area contributed by atoms with Crippen molar-refractivity contribution in [2.45, 2.75) is 13.8 Å². The largest absolute Gasteiger partial charge is 0.258 e. The summed E-state index contributed by atoms with van der Waals surface area (Å²) in [7, 11) is 0. The van der Waals surface area contributed by atoms with E-state index in [2.05, 4.69) is 0 Å². The zero-order chi connectivity index (χ0) is 13.2. The van der Waals surface area contributed by atoms with E-state index >= 15 is 0 Å². The van der Waals surface area contributed by atoms with Gasteiger partial charge in [-0.3, -0.25) is 4.84 Å². The van der Waals surface area contributed by atoms with Crippen LogP contribution in [0.25, 0.3) is 0 Å². The van der Waals surface area contributed by atoms with Crippen molar-refractivity contribution in [1.29, 1.82) is 0 Å². The quantitative estimate of drug-likeness (QED) is 0.309. The zero-order valence-corrected chi connectivity index (χ0v) is 12.9. The van der Waals surface area contributed by atoms with Gasteiger partial charge < -0.3 is 0 Å². The maximum atomic E-state index is 6.02. The van der Waals surface area contributed by atoms with Gasteiger partial charge in [0.15, 0.2) is 13.1 Å². The summed E-state index contributed by atoms with van der Waals surface area (Å²) < 4.78 is 0. The molecule has 1 aromatic rings. The highest BCUT2D eigenvalue weighted by atomic mass is 35.5. The van der Waals surface area contributed by atoms with Crippen LogP contribution in [0.4, 0.5) is 0 Å². The van der Waals surface area contributed by atoms with Crippen molar-refractivity contribution < 1.29 is 4.84 Å². The highest BCUT2D eigenvalue weighted by Crippen LogP contribution is 2.48. The van der Waals surface area contributed by atoms with Gasteiger partial charge in [-0.25, -0.2) is 0 Å². The van der Waals surface area contributed by atoms with Crippen LogP contribution in [0.1, 0.15) is 13.8 Å². The maximum absolute atomic E-state index is 6.02. The van der Waals surface area contributed by atoms with Gasteiger partial charge >= 0.3 is 0 Å². The van der Waals surface area contributed by atoms with Gasteiger partial charge in [0.05, 0.1) is 15.1 Å². The first-order valence-electron chi connectivity index (χ1n) is 4.88. The predicted molar refractivity (Wildman–Crippen MR) is 75.3 cm³/mol. The topological polar surface area (TPSA) is 15.1 Å². The molecule has 0 atom stereocenters. The van der Waals surface area contributed by atoms with Crippen LogP contribution < -0.4 is 9.90 Å². The molecule has 0 N–H and O–H groups in total. The third-order valence-electron chi connectivity index (χ3n) is 2.10. The van der Waals surface area contributed by atoms with Crippen LogP contribution in [0.15, 0.2) is 0 Å². The molecule has 95 valence electrons. The molecule has 0 aliphatic rings. The summed E-state index contributed by atoms with van der Waals surface area (Å²) in [4.78, 5) is 5.53. The second-order valence-corrected chi connectivity index (χ2v) is 4.99. The zero-order valence-electron chi connectivity index (χ0n) is 9.16. The molecule has 0 amide bonds. The van der Waals surface area contributed by atoms with E-state index in [4.69, 9.17) is 62.8 Å². The standard InChI is InChI=1S/C10H10Cl5NO/c1-3-16(4-2)17-10-8(14)6(12)5(11)7(13)9(10)15/h3-4H2,1-2H3/q+1. The van der Waals surface area contributed by atoms with Crippen molar-refractivity contribution in [1.82, 2.24) is 5.06 Å². The number of nitrogens with zero attached hydrogens (tertiary/aromatic N) is 1. The van der Waals surface area contributed by atoms with Gasteiger partial charge in [0.25, 0.3) is 0 Å². The molecule has 1 aromatic carbocycles. The third kappa shape index (κ3) is 3.25.